The maximum Gasteiger partial charge on any atom is 0.192 e. The molecule has 3 heterocycles. The number of aromatic nitrogens is 2. The van der Waals surface area contributed by atoms with E-state index in [1.165, 1.54) is 5.56 Å². The van der Waals surface area contributed by atoms with Gasteiger partial charge in [0, 0.05) is 30.8 Å². The molecule has 1 aromatic carbocycles. The summed E-state index contributed by atoms with van der Waals surface area (Å²) in [6.45, 7) is 4.31. The van der Waals surface area contributed by atoms with Gasteiger partial charge in [0.25, 0.3) is 0 Å². The minimum absolute atomic E-state index is 0.237. The molecule has 5 nitrogen and oxygen atoms in total. The number of ether oxygens (including phenoxy) is 2. The van der Waals surface area contributed by atoms with Crippen LogP contribution in [0.2, 0.25) is 0 Å². The fourth-order valence-electron chi connectivity index (χ4n) is 2.83. The van der Waals surface area contributed by atoms with Crippen LogP contribution in [-0.4, -0.2) is 23.1 Å². The van der Waals surface area contributed by atoms with Crippen LogP contribution < -0.4 is 14.8 Å². The van der Waals surface area contributed by atoms with Crippen molar-refractivity contribution < 1.29 is 9.47 Å². The lowest BCUT2D eigenvalue weighted by Gasteiger charge is -2.27. The van der Waals surface area contributed by atoms with E-state index in [1.54, 1.807) is 0 Å². The molecule has 0 spiro atoms. The Morgan fingerprint density at radius 2 is 2.05 bits per heavy atom. The molecule has 1 unspecified atom stereocenters. The third-order valence-corrected chi connectivity index (χ3v) is 3.95. The summed E-state index contributed by atoms with van der Waals surface area (Å²) >= 11 is 0. The van der Waals surface area contributed by atoms with Gasteiger partial charge in [0.15, 0.2) is 23.4 Å². The van der Waals surface area contributed by atoms with Gasteiger partial charge >= 0.3 is 0 Å². The third kappa shape index (κ3) is 2.23. The molecular weight excluding hydrogens is 266 g/mol. The molecule has 2 aliphatic rings. The van der Waals surface area contributed by atoms with Crippen molar-refractivity contribution in [3.05, 3.63) is 47.0 Å². The van der Waals surface area contributed by atoms with Crippen LogP contribution in [0.4, 0.5) is 0 Å². The smallest absolute Gasteiger partial charge is 0.192 e. The van der Waals surface area contributed by atoms with Gasteiger partial charge in [-0.15, -0.1) is 0 Å². The zero-order valence-electron chi connectivity index (χ0n) is 11.9. The highest BCUT2D eigenvalue weighted by Crippen LogP contribution is 2.35. The highest BCUT2D eigenvalue weighted by atomic mass is 16.6. The summed E-state index contributed by atoms with van der Waals surface area (Å²) in [5, 5.41) is 3.36. The molecular formula is C16H17N3O2. The average Bonchev–Trinajstić information content (AvgIpc) is 2.54. The molecule has 0 saturated carbocycles. The highest BCUT2D eigenvalue weighted by Gasteiger charge is 2.26. The maximum absolute atomic E-state index is 6.00. The first-order chi connectivity index (χ1) is 10.3. The van der Waals surface area contributed by atoms with Crippen LogP contribution in [0.25, 0.3) is 0 Å². The summed E-state index contributed by atoms with van der Waals surface area (Å²) in [7, 11) is 0. The molecule has 1 aromatic heterocycles. The van der Waals surface area contributed by atoms with E-state index >= 15 is 0 Å². The Balaban J connectivity index is 1.67. The van der Waals surface area contributed by atoms with Crippen molar-refractivity contribution in [2.24, 2.45) is 0 Å². The van der Waals surface area contributed by atoms with Crippen molar-refractivity contribution in [1.29, 1.82) is 0 Å². The van der Waals surface area contributed by atoms with Crippen LogP contribution in [0, 0.1) is 6.92 Å². The molecule has 0 saturated heterocycles. The zero-order chi connectivity index (χ0) is 14.2. The minimum atomic E-state index is -0.237. The van der Waals surface area contributed by atoms with Crippen molar-refractivity contribution in [2.45, 2.75) is 26.0 Å². The van der Waals surface area contributed by atoms with E-state index in [-0.39, 0.29) is 6.10 Å². The number of hydrogen-bond donors (Lipinski definition) is 1. The number of aryl methyl sites for hydroxylation is 1. The first kappa shape index (κ1) is 12.6. The van der Waals surface area contributed by atoms with E-state index in [0.29, 0.717) is 6.61 Å². The van der Waals surface area contributed by atoms with Gasteiger partial charge in [0.1, 0.15) is 6.61 Å². The highest BCUT2D eigenvalue weighted by molar-refractivity contribution is 5.41. The van der Waals surface area contributed by atoms with Crippen LogP contribution in [0.15, 0.2) is 24.3 Å². The Morgan fingerprint density at radius 1 is 1.19 bits per heavy atom. The van der Waals surface area contributed by atoms with E-state index in [2.05, 4.69) is 10.3 Å². The fraction of sp³-hybridized carbons (Fsp3) is 0.375. The molecule has 1 atom stereocenters. The normalized spacial score (nSPS) is 20.0. The average molecular weight is 283 g/mol. The second-order valence-corrected chi connectivity index (χ2v) is 5.38. The Morgan fingerprint density at radius 3 is 2.95 bits per heavy atom. The predicted octanol–water partition coefficient (Wildman–Crippen LogP) is 1.94. The van der Waals surface area contributed by atoms with Gasteiger partial charge < -0.3 is 14.8 Å². The van der Waals surface area contributed by atoms with Crippen LogP contribution in [0.3, 0.4) is 0 Å². The summed E-state index contributed by atoms with van der Waals surface area (Å²) in [6, 6.07) is 7.71. The molecule has 0 amide bonds. The van der Waals surface area contributed by atoms with Crippen molar-refractivity contribution in [1.82, 2.24) is 15.3 Å². The van der Waals surface area contributed by atoms with Crippen LogP contribution in [0.5, 0.6) is 11.5 Å². The number of benzene rings is 1. The lowest BCUT2D eigenvalue weighted by atomic mass is 10.1. The summed E-state index contributed by atoms with van der Waals surface area (Å²) in [5.41, 5.74) is 3.39. The molecule has 2 aliphatic heterocycles. The van der Waals surface area contributed by atoms with Gasteiger partial charge in [-0.25, -0.2) is 9.97 Å². The Hall–Kier alpha value is -2.14. The van der Waals surface area contributed by atoms with Crippen LogP contribution >= 0.6 is 0 Å². The van der Waals surface area contributed by atoms with Crippen molar-refractivity contribution in [2.75, 3.05) is 13.2 Å². The maximum atomic E-state index is 6.00. The minimum Gasteiger partial charge on any atom is -0.485 e. The quantitative estimate of drug-likeness (QED) is 0.867. The molecule has 1 N–H and O–H groups in total. The van der Waals surface area contributed by atoms with Crippen molar-refractivity contribution in [3.8, 4) is 11.5 Å². The summed E-state index contributed by atoms with van der Waals surface area (Å²) in [5.74, 6) is 2.27. The molecule has 2 aromatic rings. The lowest BCUT2D eigenvalue weighted by Crippen LogP contribution is -2.29. The number of para-hydroxylation sites is 2. The fourth-order valence-corrected chi connectivity index (χ4v) is 2.83. The number of hydrogen-bond acceptors (Lipinski definition) is 5. The first-order valence-electron chi connectivity index (χ1n) is 7.27. The Labute approximate surface area is 123 Å². The zero-order valence-corrected chi connectivity index (χ0v) is 11.9. The van der Waals surface area contributed by atoms with E-state index in [4.69, 9.17) is 14.5 Å². The van der Waals surface area contributed by atoms with Crippen LogP contribution in [-0.2, 0) is 13.0 Å². The summed E-state index contributed by atoms with van der Waals surface area (Å²) in [4.78, 5) is 9.34. The molecule has 4 rings (SSSR count). The summed E-state index contributed by atoms with van der Waals surface area (Å²) in [6.07, 6.45) is 0.703. The second kappa shape index (κ2) is 5.00. The predicted molar refractivity (Wildman–Crippen MR) is 77.5 cm³/mol. The summed E-state index contributed by atoms with van der Waals surface area (Å²) < 4.78 is 11.8. The third-order valence-electron chi connectivity index (χ3n) is 3.95. The Bertz CT molecular complexity index is 687. The van der Waals surface area contributed by atoms with E-state index < -0.39 is 0 Å². The standard InChI is InChI=1S/C16H17N3O2/c1-10-11-8-17-7-6-12(11)19-16(18-10)15-9-20-13-4-2-3-5-14(13)21-15/h2-5,15,17H,6-9H2,1H3. The van der Waals surface area contributed by atoms with Gasteiger partial charge in [0.2, 0.25) is 0 Å². The largest absolute Gasteiger partial charge is 0.485 e. The first-order valence-corrected chi connectivity index (χ1v) is 7.27. The van der Waals surface area contributed by atoms with Crippen molar-refractivity contribution in [3.63, 3.8) is 0 Å². The lowest BCUT2D eigenvalue weighted by molar-refractivity contribution is 0.0846. The molecule has 0 bridgehead atoms. The van der Waals surface area contributed by atoms with Crippen LogP contribution in [0.1, 0.15) is 28.9 Å². The molecule has 0 fully saturated rings. The topological polar surface area (TPSA) is 56.3 Å². The van der Waals surface area contributed by atoms with Gasteiger partial charge in [-0.2, -0.15) is 0 Å². The number of fused-ring (bicyclic) bond motifs is 2. The monoisotopic (exact) mass is 283 g/mol. The van der Waals surface area contributed by atoms with Gasteiger partial charge in [0.05, 0.1) is 5.69 Å². The number of nitrogens with one attached hydrogen (secondary N) is 1. The molecule has 5 heteroatoms. The van der Waals surface area contributed by atoms with Gasteiger partial charge in [-0.3, -0.25) is 0 Å². The van der Waals surface area contributed by atoms with E-state index in [0.717, 1.165) is 48.2 Å². The molecule has 0 radical (unpaired) electrons. The van der Waals surface area contributed by atoms with Crippen molar-refractivity contribution >= 4 is 0 Å². The molecule has 21 heavy (non-hydrogen) atoms. The molecule has 108 valence electrons. The number of nitrogens with zero attached hydrogens (tertiary/aromatic N) is 2. The Kier molecular flexibility index (Phi) is 3.00. The van der Waals surface area contributed by atoms with E-state index in [1.807, 2.05) is 31.2 Å². The second-order valence-electron chi connectivity index (χ2n) is 5.38. The van der Waals surface area contributed by atoms with Gasteiger partial charge in [-0.1, -0.05) is 12.1 Å². The van der Waals surface area contributed by atoms with E-state index in [9.17, 15) is 0 Å². The van der Waals surface area contributed by atoms with Gasteiger partial charge in [-0.05, 0) is 19.1 Å². The molecule has 0 aliphatic carbocycles. The number of rotatable bonds is 1. The SMILES string of the molecule is Cc1nc(C2COc3ccccc3O2)nc2c1CNCC2.